The van der Waals surface area contributed by atoms with Crippen LogP contribution in [0.4, 0.5) is 5.69 Å². The Hall–Kier alpha value is -2.30. The van der Waals surface area contributed by atoms with Crippen LogP contribution in [0.1, 0.15) is 23.4 Å². The molecular weight excluding hydrogens is 393 g/mol. The van der Waals surface area contributed by atoms with Crippen LogP contribution in [0.5, 0.6) is 0 Å². The number of nitrogens with zero attached hydrogens (tertiary/aromatic N) is 2. The molecule has 1 N–H and O–H groups in total. The quantitative estimate of drug-likeness (QED) is 0.602. The third-order valence-electron chi connectivity index (χ3n) is 5.40. The maximum absolute atomic E-state index is 12.7. The van der Waals surface area contributed by atoms with E-state index >= 15 is 0 Å². The predicted octanol–water partition coefficient (Wildman–Crippen LogP) is 4.95. The number of rotatable bonds is 4. The zero-order valence-corrected chi connectivity index (χ0v) is 17.4. The minimum absolute atomic E-state index is 0.0281. The maximum atomic E-state index is 12.7. The van der Waals surface area contributed by atoms with Gasteiger partial charge in [0, 0.05) is 11.3 Å². The summed E-state index contributed by atoms with van der Waals surface area (Å²) in [5, 5.41) is 4.12. The summed E-state index contributed by atoms with van der Waals surface area (Å²) in [5.41, 5.74) is 5.19. The van der Waals surface area contributed by atoms with Gasteiger partial charge >= 0.3 is 0 Å². The lowest BCUT2D eigenvalue weighted by Gasteiger charge is -2.09. The van der Waals surface area contributed by atoms with E-state index in [2.05, 4.69) is 9.88 Å². The molecule has 2 heterocycles. The molecule has 0 unspecified atom stereocenters. The summed E-state index contributed by atoms with van der Waals surface area (Å²) in [5.74, 6) is 1.14. The molecular formula is C22H22Cl2N3O+. The molecule has 4 nitrogen and oxygen atoms in total. The Morgan fingerprint density at radius 2 is 2.00 bits per heavy atom. The minimum atomic E-state index is -0.0281. The number of benzene rings is 2. The van der Waals surface area contributed by atoms with Gasteiger partial charge in [0.2, 0.25) is 0 Å². The molecule has 3 aromatic rings. The van der Waals surface area contributed by atoms with Gasteiger partial charge in [-0.1, -0.05) is 35.3 Å². The van der Waals surface area contributed by atoms with Crippen molar-refractivity contribution in [2.75, 3.05) is 5.32 Å². The van der Waals surface area contributed by atoms with Crippen LogP contribution < -0.4 is 9.88 Å². The molecule has 144 valence electrons. The summed E-state index contributed by atoms with van der Waals surface area (Å²) in [6, 6.07) is 11.6. The van der Waals surface area contributed by atoms with Gasteiger partial charge in [-0.25, -0.2) is 9.13 Å². The van der Waals surface area contributed by atoms with Crippen molar-refractivity contribution < 1.29 is 9.36 Å². The van der Waals surface area contributed by atoms with E-state index in [4.69, 9.17) is 23.2 Å². The fourth-order valence-corrected chi connectivity index (χ4v) is 4.06. The number of nitrogens with one attached hydrogen (secondary N) is 1. The summed E-state index contributed by atoms with van der Waals surface area (Å²) in [4.78, 5) is 12.7. The first-order chi connectivity index (χ1) is 13.4. The second-order valence-corrected chi connectivity index (χ2v) is 8.05. The smallest absolute Gasteiger partial charge is 0.266 e. The Balaban J connectivity index is 1.61. The van der Waals surface area contributed by atoms with Crippen molar-refractivity contribution in [2.24, 2.45) is 0 Å². The van der Waals surface area contributed by atoms with Crippen molar-refractivity contribution in [3.05, 3.63) is 69.6 Å². The number of halogens is 2. The normalized spacial score (nSPS) is 12.9. The van der Waals surface area contributed by atoms with Gasteiger partial charge in [-0.3, -0.25) is 4.79 Å². The highest BCUT2D eigenvalue weighted by Gasteiger charge is 2.29. The Labute approximate surface area is 174 Å². The monoisotopic (exact) mass is 414 g/mol. The third-order valence-corrected chi connectivity index (χ3v) is 6.14. The number of hydrogen-bond donors (Lipinski definition) is 1. The summed E-state index contributed by atoms with van der Waals surface area (Å²) in [6.45, 7) is 5.29. The molecule has 0 spiro atoms. The van der Waals surface area contributed by atoms with Gasteiger partial charge in [0.15, 0.2) is 12.2 Å². The van der Waals surface area contributed by atoms with Gasteiger partial charge in [0.25, 0.3) is 11.7 Å². The van der Waals surface area contributed by atoms with Crippen LogP contribution in [0.25, 0.3) is 11.3 Å². The molecule has 0 radical (unpaired) electrons. The zero-order chi connectivity index (χ0) is 19.8. The van der Waals surface area contributed by atoms with E-state index < -0.39 is 0 Å². The van der Waals surface area contributed by atoms with Gasteiger partial charge in [-0.05, 0) is 55.7 Å². The molecule has 1 aliphatic rings. The predicted molar refractivity (Wildman–Crippen MR) is 113 cm³/mol. The molecule has 4 rings (SSSR count). The average Bonchev–Trinajstić information content (AvgIpc) is 3.25. The summed E-state index contributed by atoms with van der Waals surface area (Å²) in [7, 11) is 0. The number of hydrogen-bond acceptors (Lipinski definition) is 1. The molecule has 0 fully saturated rings. The van der Waals surface area contributed by atoms with Crippen LogP contribution in [0, 0.1) is 13.8 Å². The molecule has 2 aromatic carbocycles. The lowest BCUT2D eigenvalue weighted by molar-refractivity contribution is -0.690. The van der Waals surface area contributed by atoms with Crippen LogP contribution in [0.2, 0.25) is 10.0 Å². The highest BCUT2D eigenvalue weighted by Crippen LogP contribution is 2.30. The first-order valence-electron chi connectivity index (χ1n) is 9.37. The molecule has 0 saturated heterocycles. The molecule has 1 amide bonds. The molecule has 0 saturated carbocycles. The second kappa shape index (κ2) is 7.61. The molecule has 28 heavy (non-hydrogen) atoms. The fraction of sp³-hybridized carbons (Fsp3) is 0.273. The molecule has 0 bridgehead atoms. The first-order valence-corrected chi connectivity index (χ1v) is 10.1. The Morgan fingerprint density at radius 1 is 1.18 bits per heavy atom. The number of imidazole rings is 1. The lowest BCUT2D eigenvalue weighted by Crippen LogP contribution is -2.42. The van der Waals surface area contributed by atoms with Crippen LogP contribution in [0.3, 0.4) is 0 Å². The SMILES string of the molecule is Cc1cccc(NC(=O)C[n+]2cc(-c3ccc(Cl)c(Cl)c3)n3c2CCC3)c1C. The van der Waals surface area contributed by atoms with Crippen molar-refractivity contribution >= 4 is 34.8 Å². The summed E-state index contributed by atoms with van der Waals surface area (Å²) < 4.78 is 4.32. The molecule has 6 heteroatoms. The van der Waals surface area contributed by atoms with Crippen molar-refractivity contribution in [1.29, 1.82) is 0 Å². The zero-order valence-electron chi connectivity index (χ0n) is 15.9. The molecule has 0 atom stereocenters. The molecule has 1 aliphatic heterocycles. The van der Waals surface area contributed by atoms with Gasteiger partial charge in [0.05, 0.1) is 23.0 Å². The number of aromatic nitrogens is 2. The summed E-state index contributed by atoms with van der Waals surface area (Å²) in [6.07, 6.45) is 4.07. The van der Waals surface area contributed by atoms with Gasteiger partial charge in [-0.2, -0.15) is 0 Å². The number of fused-ring (bicyclic) bond motifs is 1. The van der Waals surface area contributed by atoms with Gasteiger partial charge in [-0.15, -0.1) is 0 Å². The second-order valence-electron chi connectivity index (χ2n) is 7.24. The number of anilines is 1. The first kappa shape index (κ1) is 19.0. The maximum Gasteiger partial charge on any atom is 0.266 e. The molecule has 0 aliphatic carbocycles. The van der Waals surface area contributed by atoms with E-state index in [9.17, 15) is 4.79 Å². The van der Waals surface area contributed by atoms with E-state index in [0.29, 0.717) is 10.0 Å². The number of carbonyl (C=O) groups excluding carboxylic acids is 1. The standard InChI is InChI=1S/C22H21Cl2N3O/c1-14-5-3-6-19(15(14)2)25-21(28)13-26-12-20(27-10-4-7-22(26)27)16-8-9-17(23)18(24)11-16/h3,5-6,8-9,11-12H,4,7,10,13H2,1-2H3/p+1. The Morgan fingerprint density at radius 3 is 2.79 bits per heavy atom. The van der Waals surface area contributed by atoms with Crippen LogP contribution in [0.15, 0.2) is 42.6 Å². The molecule has 1 aromatic heterocycles. The van der Waals surface area contributed by atoms with Crippen molar-refractivity contribution in [1.82, 2.24) is 4.57 Å². The van der Waals surface area contributed by atoms with Crippen LogP contribution >= 0.6 is 23.2 Å². The number of carbonyl (C=O) groups is 1. The number of aryl methyl sites for hydroxylation is 1. The van der Waals surface area contributed by atoms with Crippen LogP contribution in [-0.4, -0.2) is 10.5 Å². The largest absolute Gasteiger partial charge is 0.322 e. The van der Waals surface area contributed by atoms with Crippen LogP contribution in [-0.2, 0) is 24.3 Å². The van der Waals surface area contributed by atoms with Crippen molar-refractivity contribution in [3.8, 4) is 11.3 Å². The topological polar surface area (TPSA) is 37.9 Å². The fourth-order valence-electron chi connectivity index (χ4n) is 3.76. The lowest BCUT2D eigenvalue weighted by atomic mass is 10.1. The summed E-state index contributed by atoms with van der Waals surface area (Å²) >= 11 is 12.3. The Kier molecular flexibility index (Phi) is 5.17. The number of amides is 1. The van der Waals surface area contributed by atoms with E-state index in [1.54, 1.807) is 0 Å². The van der Waals surface area contributed by atoms with E-state index in [1.807, 2.05) is 61.0 Å². The van der Waals surface area contributed by atoms with E-state index in [1.165, 1.54) is 0 Å². The third kappa shape index (κ3) is 3.54. The Bertz CT molecular complexity index is 1070. The highest BCUT2D eigenvalue weighted by atomic mass is 35.5. The average molecular weight is 415 g/mol. The van der Waals surface area contributed by atoms with Crippen molar-refractivity contribution in [3.63, 3.8) is 0 Å². The van der Waals surface area contributed by atoms with Crippen molar-refractivity contribution in [2.45, 2.75) is 39.8 Å². The highest BCUT2D eigenvalue weighted by molar-refractivity contribution is 6.42. The van der Waals surface area contributed by atoms with Gasteiger partial charge in [0.1, 0.15) is 6.20 Å². The van der Waals surface area contributed by atoms with E-state index in [0.717, 1.165) is 53.3 Å². The minimum Gasteiger partial charge on any atom is -0.322 e. The van der Waals surface area contributed by atoms with Gasteiger partial charge < -0.3 is 5.32 Å². The van der Waals surface area contributed by atoms with E-state index in [-0.39, 0.29) is 12.5 Å².